The van der Waals surface area contributed by atoms with Gasteiger partial charge in [0.25, 0.3) is 0 Å². The molecule has 1 aromatic carbocycles. The predicted octanol–water partition coefficient (Wildman–Crippen LogP) is 2.60. The number of nitrogens with one attached hydrogen (secondary N) is 2. The first-order valence-corrected chi connectivity index (χ1v) is 8.71. The molecule has 0 spiro atoms. The lowest BCUT2D eigenvalue weighted by Gasteiger charge is -2.37. The molecular weight excluding hydrogens is 453 g/mol. The lowest BCUT2D eigenvalue weighted by atomic mass is 10.0. The molecule has 1 unspecified atom stereocenters. The van der Waals surface area contributed by atoms with Crippen molar-refractivity contribution >= 4 is 29.9 Å². The third kappa shape index (κ3) is 6.96. The minimum absolute atomic E-state index is 0. The molecule has 1 saturated heterocycles. The number of aliphatic imine (C=N–C) groups is 1. The van der Waals surface area contributed by atoms with Crippen LogP contribution in [-0.4, -0.2) is 56.8 Å². The molecule has 26 heavy (non-hydrogen) atoms. The van der Waals surface area contributed by atoms with Crippen molar-refractivity contribution in [1.82, 2.24) is 15.5 Å². The quantitative estimate of drug-likeness (QED) is 0.372. The van der Waals surface area contributed by atoms with Gasteiger partial charge in [0.15, 0.2) is 5.96 Å². The fraction of sp³-hybridized carbons (Fsp3) is 0.611. The summed E-state index contributed by atoms with van der Waals surface area (Å²) in [6.45, 7) is 8.65. The molecule has 0 radical (unpaired) electrons. The van der Waals surface area contributed by atoms with Crippen LogP contribution in [0.15, 0.2) is 23.2 Å². The fourth-order valence-electron chi connectivity index (χ4n) is 2.98. The molecule has 0 amide bonds. The highest BCUT2D eigenvalue weighted by molar-refractivity contribution is 14.0. The Kier molecular flexibility index (Phi) is 10.3. The summed E-state index contributed by atoms with van der Waals surface area (Å²) in [7, 11) is 1.66. The molecular formula is C18H29F2IN4O. The number of guanidine groups is 1. The molecule has 0 bridgehead atoms. The Hall–Kier alpha value is -1.00. The highest BCUT2D eigenvalue weighted by Gasteiger charge is 2.23. The number of hydrogen-bond acceptors (Lipinski definition) is 3. The van der Waals surface area contributed by atoms with Crippen molar-refractivity contribution < 1.29 is 13.5 Å². The van der Waals surface area contributed by atoms with Crippen LogP contribution in [0.1, 0.15) is 19.4 Å². The van der Waals surface area contributed by atoms with Gasteiger partial charge in [0.05, 0.1) is 13.2 Å². The van der Waals surface area contributed by atoms with E-state index in [0.717, 1.165) is 45.0 Å². The van der Waals surface area contributed by atoms with Crippen molar-refractivity contribution in [3.05, 3.63) is 35.4 Å². The number of hydrogen-bond donors (Lipinski definition) is 2. The first-order valence-electron chi connectivity index (χ1n) is 8.71. The molecule has 1 fully saturated rings. The average Bonchev–Trinajstić information content (AvgIpc) is 2.61. The summed E-state index contributed by atoms with van der Waals surface area (Å²) in [5.41, 5.74) is 0.275. The van der Waals surface area contributed by atoms with E-state index in [1.807, 2.05) is 0 Å². The zero-order valence-corrected chi connectivity index (χ0v) is 17.9. The zero-order chi connectivity index (χ0) is 18.2. The highest BCUT2D eigenvalue weighted by atomic mass is 127. The molecule has 5 nitrogen and oxygen atoms in total. The van der Waals surface area contributed by atoms with Gasteiger partial charge in [-0.05, 0) is 24.1 Å². The van der Waals surface area contributed by atoms with Crippen LogP contribution in [0.5, 0.6) is 0 Å². The Bertz CT molecular complexity index is 580. The minimum Gasteiger partial charge on any atom is -0.379 e. The van der Waals surface area contributed by atoms with E-state index >= 15 is 0 Å². The van der Waals surface area contributed by atoms with Crippen molar-refractivity contribution in [3.63, 3.8) is 0 Å². The summed E-state index contributed by atoms with van der Waals surface area (Å²) in [5, 5.41) is 6.33. The normalized spacial score (nSPS) is 16.9. The maximum absolute atomic E-state index is 13.7. The second-order valence-corrected chi connectivity index (χ2v) is 6.50. The average molecular weight is 482 g/mol. The summed E-state index contributed by atoms with van der Waals surface area (Å²) in [5.74, 6) is 0.165. The van der Waals surface area contributed by atoms with Gasteiger partial charge in [-0.2, -0.15) is 0 Å². The predicted molar refractivity (Wildman–Crippen MR) is 111 cm³/mol. The number of benzene rings is 1. The SMILES string of the molecule is CN=C(NCc1cc(F)ccc1F)NCC(C(C)C)N1CCOCC1.I. The van der Waals surface area contributed by atoms with Crippen LogP contribution in [0.3, 0.4) is 0 Å². The van der Waals surface area contributed by atoms with Gasteiger partial charge in [-0.3, -0.25) is 9.89 Å². The fourth-order valence-corrected chi connectivity index (χ4v) is 2.98. The van der Waals surface area contributed by atoms with Crippen LogP contribution in [0.25, 0.3) is 0 Å². The van der Waals surface area contributed by atoms with Crippen LogP contribution in [0, 0.1) is 17.6 Å². The van der Waals surface area contributed by atoms with Gasteiger partial charge in [-0.15, -0.1) is 24.0 Å². The van der Waals surface area contributed by atoms with Crippen LogP contribution in [0.4, 0.5) is 8.78 Å². The van der Waals surface area contributed by atoms with Crippen LogP contribution < -0.4 is 10.6 Å². The highest BCUT2D eigenvalue weighted by Crippen LogP contribution is 2.12. The van der Waals surface area contributed by atoms with Gasteiger partial charge in [0, 0.05) is 44.8 Å². The van der Waals surface area contributed by atoms with Crippen molar-refractivity contribution in [2.75, 3.05) is 39.9 Å². The molecule has 0 aliphatic carbocycles. The number of ether oxygens (including phenoxy) is 1. The summed E-state index contributed by atoms with van der Waals surface area (Å²) >= 11 is 0. The Labute approximate surface area is 171 Å². The number of halogens is 3. The number of nitrogens with zero attached hydrogens (tertiary/aromatic N) is 2. The van der Waals surface area contributed by atoms with Crippen molar-refractivity contribution in [1.29, 1.82) is 0 Å². The van der Waals surface area contributed by atoms with Gasteiger partial charge < -0.3 is 15.4 Å². The van der Waals surface area contributed by atoms with Crippen molar-refractivity contribution in [2.45, 2.75) is 26.4 Å². The van der Waals surface area contributed by atoms with E-state index < -0.39 is 11.6 Å². The molecule has 1 aliphatic rings. The summed E-state index contributed by atoms with van der Waals surface area (Å²) in [6.07, 6.45) is 0. The van der Waals surface area contributed by atoms with Crippen molar-refractivity contribution in [2.24, 2.45) is 10.9 Å². The maximum atomic E-state index is 13.7. The third-order valence-corrected chi connectivity index (χ3v) is 4.44. The van der Waals surface area contributed by atoms with E-state index in [1.165, 1.54) is 6.07 Å². The molecule has 2 rings (SSSR count). The lowest BCUT2D eigenvalue weighted by Crippen LogP contribution is -2.52. The molecule has 1 atom stereocenters. The molecule has 148 valence electrons. The third-order valence-electron chi connectivity index (χ3n) is 4.44. The Morgan fingerprint density at radius 3 is 2.54 bits per heavy atom. The van der Waals surface area contributed by atoms with Crippen LogP contribution in [0.2, 0.25) is 0 Å². The van der Waals surface area contributed by atoms with Gasteiger partial charge in [0.2, 0.25) is 0 Å². The lowest BCUT2D eigenvalue weighted by molar-refractivity contribution is 0.00752. The van der Waals surface area contributed by atoms with Gasteiger partial charge >= 0.3 is 0 Å². The van der Waals surface area contributed by atoms with E-state index in [1.54, 1.807) is 7.05 Å². The Morgan fingerprint density at radius 1 is 1.23 bits per heavy atom. The molecule has 1 aromatic rings. The smallest absolute Gasteiger partial charge is 0.191 e. The van der Waals surface area contributed by atoms with E-state index in [9.17, 15) is 8.78 Å². The second-order valence-electron chi connectivity index (χ2n) is 6.50. The summed E-state index contributed by atoms with van der Waals surface area (Å²) in [4.78, 5) is 6.58. The monoisotopic (exact) mass is 482 g/mol. The van der Waals surface area contributed by atoms with E-state index in [2.05, 4.69) is 34.4 Å². The molecule has 1 aliphatic heterocycles. The van der Waals surface area contributed by atoms with Crippen LogP contribution >= 0.6 is 24.0 Å². The van der Waals surface area contributed by atoms with Gasteiger partial charge in [-0.25, -0.2) is 8.78 Å². The summed E-state index contributed by atoms with van der Waals surface area (Å²) < 4.78 is 32.4. The first kappa shape index (κ1) is 23.0. The Morgan fingerprint density at radius 2 is 1.92 bits per heavy atom. The number of morpholine rings is 1. The van der Waals surface area contributed by atoms with E-state index in [0.29, 0.717) is 17.9 Å². The molecule has 1 heterocycles. The molecule has 0 saturated carbocycles. The molecule has 2 N–H and O–H groups in total. The second kappa shape index (κ2) is 11.7. The van der Waals surface area contributed by atoms with Crippen molar-refractivity contribution in [3.8, 4) is 0 Å². The minimum atomic E-state index is -0.451. The Balaban J connectivity index is 0.00000338. The van der Waals surface area contributed by atoms with Gasteiger partial charge in [-0.1, -0.05) is 13.8 Å². The van der Waals surface area contributed by atoms with Crippen LogP contribution in [-0.2, 0) is 11.3 Å². The molecule has 0 aromatic heterocycles. The number of rotatable bonds is 6. The topological polar surface area (TPSA) is 48.9 Å². The maximum Gasteiger partial charge on any atom is 0.191 e. The standard InChI is InChI=1S/C18H28F2N4O.HI/c1-13(2)17(24-6-8-25-9-7-24)12-23-18(21-3)22-11-14-10-15(19)4-5-16(14)20;/h4-5,10,13,17H,6-9,11-12H2,1-3H3,(H2,21,22,23);1H. The largest absolute Gasteiger partial charge is 0.379 e. The van der Waals surface area contributed by atoms with E-state index in [4.69, 9.17) is 4.74 Å². The molecule has 8 heteroatoms. The van der Waals surface area contributed by atoms with E-state index in [-0.39, 0.29) is 36.1 Å². The summed E-state index contributed by atoms with van der Waals surface area (Å²) in [6, 6.07) is 3.80. The zero-order valence-electron chi connectivity index (χ0n) is 15.6. The first-order chi connectivity index (χ1) is 12.0. The van der Waals surface area contributed by atoms with Gasteiger partial charge in [0.1, 0.15) is 11.6 Å².